The van der Waals surface area contributed by atoms with Gasteiger partial charge in [0.2, 0.25) is 0 Å². The lowest BCUT2D eigenvalue weighted by atomic mass is 10.1. The number of benzene rings is 2. The summed E-state index contributed by atoms with van der Waals surface area (Å²) in [5, 5.41) is 3.56. The van der Waals surface area contributed by atoms with Crippen LogP contribution in [0.4, 0.5) is 5.69 Å². The Kier molecular flexibility index (Phi) is 4.67. The van der Waals surface area contributed by atoms with Crippen LogP contribution in [-0.2, 0) is 0 Å². The molecule has 0 aromatic heterocycles. The highest BCUT2D eigenvalue weighted by atomic mass is 127. The molecule has 0 spiro atoms. The maximum absolute atomic E-state index is 3.56. The molecule has 0 heterocycles. The first-order chi connectivity index (χ1) is 8.56. The van der Waals surface area contributed by atoms with E-state index in [1.807, 2.05) is 6.07 Å². The van der Waals surface area contributed by atoms with Crippen LogP contribution in [0.15, 0.2) is 46.9 Å². The van der Waals surface area contributed by atoms with Crippen molar-refractivity contribution in [2.75, 3.05) is 5.32 Å². The Morgan fingerprint density at radius 1 is 1.17 bits per heavy atom. The highest BCUT2D eigenvalue weighted by molar-refractivity contribution is 14.1. The van der Waals surface area contributed by atoms with Gasteiger partial charge in [-0.2, -0.15) is 0 Å². The van der Waals surface area contributed by atoms with Crippen molar-refractivity contribution in [3.63, 3.8) is 0 Å². The molecule has 0 fully saturated rings. The summed E-state index contributed by atoms with van der Waals surface area (Å²) in [6, 6.07) is 15.2. The quantitative estimate of drug-likeness (QED) is 0.649. The van der Waals surface area contributed by atoms with Crippen LogP contribution in [-0.4, -0.2) is 0 Å². The lowest BCUT2D eigenvalue weighted by molar-refractivity contribution is 0.881. The zero-order valence-corrected chi connectivity index (χ0v) is 14.1. The van der Waals surface area contributed by atoms with Gasteiger partial charge in [-0.05, 0) is 77.9 Å². The van der Waals surface area contributed by atoms with Crippen LogP contribution in [0.25, 0.3) is 0 Å². The second-order valence-electron chi connectivity index (χ2n) is 4.38. The molecule has 1 N–H and O–H groups in total. The summed E-state index contributed by atoms with van der Waals surface area (Å²) in [5.74, 6) is 0. The van der Waals surface area contributed by atoms with Gasteiger partial charge in [-0.1, -0.05) is 28.1 Å². The van der Waals surface area contributed by atoms with E-state index in [0.29, 0.717) is 6.04 Å². The lowest BCUT2D eigenvalue weighted by Crippen LogP contribution is -2.07. The number of nitrogens with one attached hydrogen (secondary N) is 1. The van der Waals surface area contributed by atoms with Gasteiger partial charge in [-0.15, -0.1) is 0 Å². The summed E-state index contributed by atoms with van der Waals surface area (Å²) in [6.07, 6.45) is 0. The molecule has 1 unspecified atom stereocenters. The Morgan fingerprint density at radius 3 is 2.61 bits per heavy atom. The third-order valence-corrected chi connectivity index (χ3v) is 4.07. The second-order valence-corrected chi connectivity index (χ2v) is 6.54. The number of aryl methyl sites for hydroxylation is 1. The van der Waals surface area contributed by atoms with E-state index >= 15 is 0 Å². The molecule has 0 radical (unpaired) electrons. The summed E-state index contributed by atoms with van der Waals surface area (Å²) in [6.45, 7) is 4.32. The smallest absolute Gasteiger partial charge is 0.0486 e. The van der Waals surface area contributed by atoms with Crippen molar-refractivity contribution in [3.05, 3.63) is 61.6 Å². The van der Waals surface area contributed by atoms with Crippen LogP contribution in [0.3, 0.4) is 0 Å². The fraction of sp³-hybridized carbons (Fsp3) is 0.200. The van der Waals surface area contributed by atoms with Crippen molar-refractivity contribution in [1.82, 2.24) is 0 Å². The number of anilines is 1. The molecular weight excluding hydrogens is 401 g/mol. The monoisotopic (exact) mass is 415 g/mol. The van der Waals surface area contributed by atoms with Crippen molar-refractivity contribution in [1.29, 1.82) is 0 Å². The Bertz CT molecular complexity index is 554. The van der Waals surface area contributed by atoms with Crippen LogP contribution in [0.5, 0.6) is 0 Å². The van der Waals surface area contributed by atoms with Gasteiger partial charge in [-0.25, -0.2) is 0 Å². The number of rotatable bonds is 3. The van der Waals surface area contributed by atoms with Gasteiger partial charge in [0.05, 0.1) is 0 Å². The van der Waals surface area contributed by atoms with Gasteiger partial charge >= 0.3 is 0 Å². The Labute approximate surface area is 130 Å². The van der Waals surface area contributed by atoms with Gasteiger partial charge < -0.3 is 5.32 Å². The first kappa shape index (κ1) is 13.9. The zero-order chi connectivity index (χ0) is 13.1. The first-order valence-corrected chi connectivity index (χ1v) is 7.71. The molecule has 2 aromatic rings. The number of halogens is 2. The van der Waals surface area contributed by atoms with Gasteiger partial charge in [0.15, 0.2) is 0 Å². The van der Waals surface area contributed by atoms with E-state index in [4.69, 9.17) is 0 Å². The normalized spacial score (nSPS) is 12.2. The zero-order valence-electron chi connectivity index (χ0n) is 10.4. The molecule has 94 valence electrons. The van der Waals surface area contributed by atoms with E-state index in [1.165, 1.54) is 20.4 Å². The molecule has 2 rings (SSSR count). The van der Waals surface area contributed by atoms with Gasteiger partial charge in [0.1, 0.15) is 0 Å². The molecule has 18 heavy (non-hydrogen) atoms. The number of hydrogen-bond acceptors (Lipinski definition) is 1. The molecule has 0 saturated heterocycles. The average Bonchev–Trinajstić information content (AvgIpc) is 2.32. The molecule has 3 heteroatoms. The third-order valence-electron chi connectivity index (χ3n) is 2.91. The second kappa shape index (κ2) is 6.06. The Morgan fingerprint density at radius 2 is 1.94 bits per heavy atom. The van der Waals surface area contributed by atoms with Crippen molar-refractivity contribution in [2.45, 2.75) is 19.9 Å². The molecule has 0 bridgehead atoms. The summed E-state index contributed by atoms with van der Waals surface area (Å²) in [5.41, 5.74) is 3.76. The lowest BCUT2D eigenvalue weighted by Gasteiger charge is -2.18. The first-order valence-electron chi connectivity index (χ1n) is 5.84. The van der Waals surface area contributed by atoms with Crippen LogP contribution < -0.4 is 5.32 Å². The topological polar surface area (TPSA) is 12.0 Å². The van der Waals surface area contributed by atoms with Crippen LogP contribution in [0.1, 0.15) is 24.1 Å². The molecule has 0 aliphatic rings. The fourth-order valence-corrected chi connectivity index (χ4v) is 2.95. The van der Waals surface area contributed by atoms with E-state index < -0.39 is 0 Å². The molecule has 0 aliphatic carbocycles. The van der Waals surface area contributed by atoms with E-state index in [-0.39, 0.29) is 0 Å². The largest absolute Gasteiger partial charge is 0.378 e. The molecule has 2 aromatic carbocycles. The van der Waals surface area contributed by atoms with E-state index in [1.54, 1.807) is 0 Å². The summed E-state index contributed by atoms with van der Waals surface area (Å²) in [7, 11) is 0. The minimum atomic E-state index is 0.293. The van der Waals surface area contributed by atoms with E-state index in [9.17, 15) is 0 Å². The Hall–Kier alpha value is -0.550. The van der Waals surface area contributed by atoms with Crippen molar-refractivity contribution in [3.8, 4) is 0 Å². The number of hydrogen-bond donors (Lipinski definition) is 1. The predicted octanol–water partition coefficient (Wildman–Crippen LogP) is 5.54. The van der Waals surface area contributed by atoms with Gasteiger partial charge in [0.25, 0.3) is 0 Å². The van der Waals surface area contributed by atoms with Gasteiger partial charge in [-0.3, -0.25) is 0 Å². The average molecular weight is 416 g/mol. The summed E-state index contributed by atoms with van der Waals surface area (Å²) in [4.78, 5) is 0. The summed E-state index contributed by atoms with van der Waals surface area (Å²) < 4.78 is 2.39. The van der Waals surface area contributed by atoms with Crippen LogP contribution in [0.2, 0.25) is 0 Å². The van der Waals surface area contributed by atoms with Crippen molar-refractivity contribution >= 4 is 44.2 Å². The molecule has 1 nitrogen and oxygen atoms in total. The maximum atomic E-state index is 3.56. The van der Waals surface area contributed by atoms with Crippen LogP contribution >= 0.6 is 38.5 Å². The SMILES string of the molecule is Cc1cc(I)ccc1NC(C)c1cccc(Br)c1. The van der Waals surface area contributed by atoms with E-state index in [2.05, 4.69) is 94.1 Å². The Balaban J connectivity index is 2.18. The standard InChI is InChI=1S/C15H15BrIN/c1-10-8-14(17)6-7-15(10)18-11(2)12-4-3-5-13(16)9-12/h3-9,11,18H,1-2H3. The predicted molar refractivity (Wildman–Crippen MR) is 90.1 cm³/mol. The molecule has 1 atom stereocenters. The highest BCUT2D eigenvalue weighted by Gasteiger charge is 2.07. The van der Waals surface area contributed by atoms with Crippen molar-refractivity contribution in [2.24, 2.45) is 0 Å². The van der Waals surface area contributed by atoms with Gasteiger partial charge in [0, 0.05) is 19.8 Å². The maximum Gasteiger partial charge on any atom is 0.0486 e. The van der Waals surface area contributed by atoms with Crippen molar-refractivity contribution < 1.29 is 0 Å². The molecule has 0 amide bonds. The minimum absolute atomic E-state index is 0.293. The molecular formula is C15H15BrIN. The minimum Gasteiger partial charge on any atom is -0.378 e. The van der Waals surface area contributed by atoms with E-state index in [0.717, 1.165) is 4.47 Å². The van der Waals surface area contributed by atoms with Crippen LogP contribution in [0, 0.1) is 10.5 Å². The summed E-state index contributed by atoms with van der Waals surface area (Å²) >= 11 is 5.85. The molecule has 0 saturated carbocycles. The third kappa shape index (κ3) is 3.48. The molecule has 0 aliphatic heterocycles. The highest BCUT2D eigenvalue weighted by Crippen LogP contribution is 2.25. The fourth-order valence-electron chi connectivity index (χ4n) is 1.88.